The number of amides is 1. The van der Waals surface area contributed by atoms with Gasteiger partial charge in [0.2, 0.25) is 5.88 Å². The third kappa shape index (κ3) is 3.89. The van der Waals surface area contributed by atoms with E-state index in [4.69, 9.17) is 9.26 Å². The molecule has 162 valence electrons. The van der Waals surface area contributed by atoms with Gasteiger partial charge in [0.1, 0.15) is 0 Å². The molecule has 1 saturated heterocycles. The molecule has 9 heteroatoms. The summed E-state index contributed by atoms with van der Waals surface area (Å²) in [5, 5.41) is 4.44. The number of nitrogens with zero attached hydrogens (tertiary/aromatic N) is 4. The molecule has 32 heavy (non-hydrogen) atoms. The standard InChI is InChI=1S/C23H18F2N4O3/c24-23(25)10-11-29(22(30)17-6-3-5-16(12-17)21-26-14-27-32-21)13-19(23)31-20-9-8-15-4-1-2-7-18(15)28-20/h1-9,12,14,19H,10-11,13H2/t19-/m0/s1. The molecular formula is C23H18F2N4O3. The Morgan fingerprint density at radius 2 is 2.00 bits per heavy atom. The lowest BCUT2D eigenvalue weighted by molar-refractivity contribution is -0.131. The van der Waals surface area contributed by atoms with Crippen molar-refractivity contribution in [1.82, 2.24) is 20.0 Å². The molecule has 1 fully saturated rings. The van der Waals surface area contributed by atoms with Crippen molar-refractivity contribution >= 4 is 16.8 Å². The molecule has 0 spiro atoms. The Bertz CT molecular complexity index is 1260. The molecule has 1 aliphatic heterocycles. The Balaban J connectivity index is 1.36. The zero-order chi connectivity index (χ0) is 22.1. The van der Waals surface area contributed by atoms with Crippen LogP contribution in [0, 0.1) is 0 Å². The van der Waals surface area contributed by atoms with E-state index in [9.17, 15) is 13.6 Å². The van der Waals surface area contributed by atoms with Gasteiger partial charge in [0.05, 0.1) is 12.1 Å². The largest absolute Gasteiger partial charge is 0.466 e. The molecule has 0 aliphatic carbocycles. The Morgan fingerprint density at radius 1 is 1.12 bits per heavy atom. The second kappa shape index (κ2) is 7.99. The molecule has 4 aromatic rings. The van der Waals surface area contributed by atoms with Crippen LogP contribution >= 0.6 is 0 Å². The van der Waals surface area contributed by atoms with E-state index in [1.165, 1.54) is 11.2 Å². The van der Waals surface area contributed by atoms with Gasteiger partial charge in [-0.05, 0) is 30.3 Å². The molecule has 2 aromatic carbocycles. The van der Waals surface area contributed by atoms with Crippen molar-refractivity contribution in [1.29, 1.82) is 0 Å². The minimum absolute atomic E-state index is 0.0817. The van der Waals surface area contributed by atoms with Crippen LogP contribution in [0.5, 0.6) is 5.88 Å². The van der Waals surface area contributed by atoms with Crippen molar-refractivity contribution in [2.24, 2.45) is 0 Å². The van der Waals surface area contributed by atoms with Crippen molar-refractivity contribution in [2.45, 2.75) is 18.4 Å². The number of rotatable bonds is 4. The summed E-state index contributed by atoms with van der Waals surface area (Å²) in [6, 6.07) is 17.3. The fourth-order valence-corrected chi connectivity index (χ4v) is 3.70. The van der Waals surface area contributed by atoms with Crippen molar-refractivity contribution in [2.75, 3.05) is 13.1 Å². The number of carbonyl (C=O) groups is 1. The number of likely N-dealkylation sites (tertiary alicyclic amines) is 1. The second-order valence-electron chi connectivity index (χ2n) is 7.54. The first-order valence-corrected chi connectivity index (χ1v) is 10.1. The van der Waals surface area contributed by atoms with Crippen molar-refractivity contribution in [3.8, 4) is 17.3 Å². The molecule has 1 atom stereocenters. The number of pyridine rings is 1. The summed E-state index contributed by atoms with van der Waals surface area (Å²) in [5.41, 5.74) is 1.56. The quantitative estimate of drug-likeness (QED) is 0.477. The number of piperidine rings is 1. The number of alkyl halides is 2. The molecule has 0 radical (unpaired) electrons. The average Bonchev–Trinajstić information content (AvgIpc) is 3.35. The second-order valence-corrected chi connectivity index (χ2v) is 7.54. The van der Waals surface area contributed by atoms with Gasteiger partial charge in [-0.3, -0.25) is 4.79 Å². The molecule has 1 aliphatic rings. The molecule has 3 heterocycles. The predicted molar refractivity (Wildman–Crippen MR) is 111 cm³/mol. The lowest BCUT2D eigenvalue weighted by atomic mass is 10.0. The topological polar surface area (TPSA) is 81.4 Å². The molecule has 5 rings (SSSR count). The summed E-state index contributed by atoms with van der Waals surface area (Å²) < 4.78 is 39.9. The first-order valence-electron chi connectivity index (χ1n) is 10.1. The number of aromatic nitrogens is 3. The number of benzene rings is 2. The molecule has 0 bridgehead atoms. The summed E-state index contributed by atoms with van der Waals surface area (Å²) in [4.78, 5) is 22.7. The van der Waals surface area contributed by atoms with Crippen LogP contribution in [0.15, 0.2) is 71.5 Å². The summed E-state index contributed by atoms with van der Waals surface area (Å²) in [6.07, 6.45) is -0.743. The number of para-hydroxylation sites is 1. The molecule has 2 aromatic heterocycles. The SMILES string of the molecule is O=C(c1cccc(-c2ncno2)c1)N1CCC(F)(F)[C@@H](Oc2ccc3ccccc3n2)C1. The molecule has 0 saturated carbocycles. The minimum atomic E-state index is -3.09. The number of hydrogen-bond donors (Lipinski definition) is 0. The molecule has 1 amide bonds. The summed E-state index contributed by atoms with van der Waals surface area (Å²) in [7, 11) is 0. The van der Waals surface area contributed by atoms with Crippen molar-refractivity contribution < 1.29 is 22.8 Å². The van der Waals surface area contributed by atoms with Crippen LogP contribution in [-0.4, -0.2) is 51.0 Å². The van der Waals surface area contributed by atoms with E-state index in [0.717, 1.165) is 5.39 Å². The highest BCUT2D eigenvalue weighted by Crippen LogP contribution is 2.32. The van der Waals surface area contributed by atoms with Gasteiger partial charge in [-0.2, -0.15) is 4.98 Å². The third-order valence-electron chi connectivity index (χ3n) is 5.41. The maximum atomic E-state index is 14.6. The number of hydrogen-bond acceptors (Lipinski definition) is 6. The maximum Gasteiger partial charge on any atom is 0.287 e. The van der Waals surface area contributed by atoms with Crippen LogP contribution in [0.4, 0.5) is 8.78 Å². The maximum absolute atomic E-state index is 14.6. The smallest absolute Gasteiger partial charge is 0.287 e. The Labute approximate surface area is 181 Å². The van der Waals surface area contributed by atoms with Crippen LogP contribution < -0.4 is 4.74 Å². The fraction of sp³-hybridized carbons (Fsp3) is 0.217. The van der Waals surface area contributed by atoms with E-state index < -0.39 is 18.4 Å². The van der Waals surface area contributed by atoms with Gasteiger partial charge >= 0.3 is 0 Å². The number of halogens is 2. The van der Waals surface area contributed by atoms with E-state index >= 15 is 0 Å². The van der Waals surface area contributed by atoms with Gasteiger partial charge in [0.25, 0.3) is 17.7 Å². The predicted octanol–water partition coefficient (Wildman–Crippen LogP) is 4.21. The molecule has 7 nitrogen and oxygen atoms in total. The highest BCUT2D eigenvalue weighted by molar-refractivity contribution is 5.95. The van der Waals surface area contributed by atoms with Crippen LogP contribution in [0.25, 0.3) is 22.4 Å². The van der Waals surface area contributed by atoms with Crippen LogP contribution in [0.2, 0.25) is 0 Å². The Hall–Kier alpha value is -3.88. The summed E-state index contributed by atoms with van der Waals surface area (Å²) >= 11 is 0. The first kappa shape index (κ1) is 20.0. The van der Waals surface area contributed by atoms with Crippen molar-refractivity contribution in [3.63, 3.8) is 0 Å². The van der Waals surface area contributed by atoms with E-state index in [1.807, 2.05) is 18.2 Å². The van der Waals surface area contributed by atoms with Crippen LogP contribution in [-0.2, 0) is 0 Å². The highest BCUT2D eigenvalue weighted by atomic mass is 19.3. The monoisotopic (exact) mass is 436 g/mol. The van der Waals surface area contributed by atoms with E-state index in [1.54, 1.807) is 42.5 Å². The van der Waals surface area contributed by atoms with Gasteiger partial charge in [-0.15, -0.1) is 0 Å². The molecular weight excluding hydrogens is 418 g/mol. The minimum Gasteiger partial charge on any atom is -0.466 e. The van der Waals surface area contributed by atoms with Gasteiger partial charge in [-0.25, -0.2) is 13.8 Å². The number of carbonyl (C=O) groups excluding carboxylic acids is 1. The lowest BCUT2D eigenvalue weighted by Gasteiger charge is -2.38. The van der Waals surface area contributed by atoms with Gasteiger partial charge in [0.15, 0.2) is 12.4 Å². The molecule has 0 N–H and O–H groups in total. The Morgan fingerprint density at radius 3 is 2.84 bits per heavy atom. The summed E-state index contributed by atoms with van der Waals surface area (Å²) in [5.74, 6) is -3.09. The van der Waals surface area contributed by atoms with E-state index in [2.05, 4.69) is 15.1 Å². The first-order chi connectivity index (χ1) is 15.5. The van der Waals surface area contributed by atoms with Crippen LogP contribution in [0.1, 0.15) is 16.8 Å². The van der Waals surface area contributed by atoms with Gasteiger partial charge in [0, 0.05) is 35.5 Å². The van der Waals surface area contributed by atoms with Gasteiger partial charge in [-0.1, -0.05) is 29.4 Å². The van der Waals surface area contributed by atoms with Crippen LogP contribution in [0.3, 0.4) is 0 Å². The zero-order valence-corrected chi connectivity index (χ0v) is 16.8. The fourth-order valence-electron chi connectivity index (χ4n) is 3.70. The average molecular weight is 436 g/mol. The molecule has 0 unspecified atom stereocenters. The van der Waals surface area contributed by atoms with Crippen molar-refractivity contribution in [3.05, 3.63) is 72.6 Å². The zero-order valence-electron chi connectivity index (χ0n) is 16.8. The number of ether oxygens (including phenoxy) is 1. The lowest BCUT2D eigenvalue weighted by Crippen LogP contribution is -2.55. The van der Waals surface area contributed by atoms with E-state index in [0.29, 0.717) is 16.6 Å². The van der Waals surface area contributed by atoms with Gasteiger partial charge < -0.3 is 14.2 Å². The highest BCUT2D eigenvalue weighted by Gasteiger charge is 2.47. The summed E-state index contributed by atoms with van der Waals surface area (Å²) in [6.45, 7) is -0.341. The number of fused-ring (bicyclic) bond motifs is 1. The van der Waals surface area contributed by atoms with E-state index in [-0.39, 0.29) is 30.8 Å². The Kier molecular flexibility index (Phi) is 5.01. The normalized spacial score (nSPS) is 17.9. The third-order valence-corrected chi connectivity index (χ3v) is 5.41.